The summed E-state index contributed by atoms with van der Waals surface area (Å²) >= 11 is 0. The zero-order valence-electron chi connectivity index (χ0n) is 8.62. The highest BCUT2D eigenvalue weighted by Crippen LogP contribution is 2.10. The van der Waals surface area contributed by atoms with E-state index in [9.17, 15) is 0 Å². The molecule has 78 valence electrons. The molecule has 0 radical (unpaired) electrons. The first-order chi connectivity index (χ1) is 7.18. The molecule has 1 unspecified atom stereocenters. The Morgan fingerprint density at radius 3 is 2.60 bits per heavy atom. The van der Waals surface area contributed by atoms with Gasteiger partial charge in [-0.15, -0.1) is 5.10 Å². The first-order valence-electron chi connectivity index (χ1n) is 4.65. The average Bonchev–Trinajstić information content (AvgIpc) is 2.62. The molecule has 0 bridgehead atoms. The predicted octanol–water partition coefficient (Wildman–Crippen LogP) is 0.385. The highest BCUT2D eigenvalue weighted by atomic mass is 15.4. The molecule has 2 aromatic heterocycles. The maximum atomic E-state index is 5.79. The van der Waals surface area contributed by atoms with E-state index in [1.54, 1.807) is 23.1 Å². The zero-order chi connectivity index (χ0) is 10.8. The van der Waals surface area contributed by atoms with Crippen LogP contribution >= 0.6 is 0 Å². The van der Waals surface area contributed by atoms with Crippen LogP contribution in [0.4, 0.5) is 0 Å². The van der Waals surface area contributed by atoms with Gasteiger partial charge >= 0.3 is 0 Å². The fraction of sp³-hybridized carbons (Fsp3) is 0.333. The van der Waals surface area contributed by atoms with Crippen LogP contribution in [0.1, 0.15) is 24.6 Å². The third kappa shape index (κ3) is 1.84. The number of aryl methyl sites for hydroxylation is 1. The average molecular weight is 204 g/mol. The lowest BCUT2D eigenvalue weighted by Crippen LogP contribution is -2.14. The smallest absolute Gasteiger partial charge is 0.252 e. The first kappa shape index (κ1) is 9.72. The van der Waals surface area contributed by atoms with Crippen molar-refractivity contribution in [1.29, 1.82) is 0 Å². The van der Waals surface area contributed by atoms with Crippen LogP contribution in [0, 0.1) is 6.92 Å². The summed E-state index contributed by atoms with van der Waals surface area (Å²) in [6, 6.07) is 1.55. The lowest BCUT2D eigenvalue weighted by molar-refractivity contribution is 0.668. The monoisotopic (exact) mass is 204 g/mol. The van der Waals surface area contributed by atoms with Crippen LogP contribution in [0.3, 0.4) is 0 Å². The summed E-state index contributed by atoms with van der Waals surface area (Å²) in [6.45, 7) is 3.66. The standard InChI is InChI=1S/C9H12N6/c1-6(10)8-13-7(2)14-15(8)9-11-4-3-5-12-9/h3-6H,10H2,1-2H3. The van der Waals surface area contributed by atoms with Gasteiger partial charge in [0, 0.05) is 12.4 Å². The summed E-state index contributed by atoms with van der Waals surface area (Å²) in [5, 5.41) is 4.20. The molecule has 0 fully saturated rings. The minimum Gasteiger partial charge on any atom is -0.322 e. The largest absolute Gasteiger partial charge is 0.322 e. The Morgan fingerprint density at radius 2 is 2.00 bits per heavy atom. The van der Waals surface area contributed by atoms with Crippen LogP contribution < -0.4 is 5.73 Å². The van der Waals surface area contributed by atoms with Crippen molar-refractivity contribution in [2.75, 3.05) is 0 Å². The highest BCUT2D eigenvalue weighted by molar-refractivity contribution is 5.13. The topological polar surface area (TPSA) is 82.5 Å². The molecule has 2 rings (SSSR count). The molecule has 0 aliphatic heterocycles. The van der Waals surface area contributed by atoms with E-state index in [4.69, 9.17) is 5.73 Å². The number of nitrogens with zero attached hydrogens (tertiary/aromatic N) is 5. The van der Waals surface area contributed by atoms with Crippen LogP contribution in [0.25, 0.3) is 5.95 Å². The maximum Gasteiger partial charge on any atom is 0.252 e. The molecule has 0 amide bonds. The molecule has 2 aromatic rings. The molecule has 6 heteroatoms. The van der Waals surface area contributed by atoms with Crippen LogP contribution in [0.15, 0.2) is 18.5 Å². The third-order valence-corrected chi connectivity index (χ3v) is 1.89. The van der Waals surface area contributed by atoms with Gasteiger partial charge in [-0.3, -0.25) is 0 Å². The van der Waals surface area contributed by atoms with E-state index in [0.29, 0.717) is 17.6 Å². The van der Waals surface area contributed by atoms with Crippen molar-refractivity contribution in [3.05, 3.63) is 30.1 Å². The third-order valence-electron chi connectivity index (χ3n) is 1.89. The van der Waals surface area contributed by atoms with Gasteiger partial charge in [-0.2, -0.15) is 4.68 Å². The van der Waals surface area contributed by atoms with Gasteiger partial charge in [0.25, 0.3) is 5.95 Å². The molecule has 0 saturated heterocycles. The van der Waals surface area contributed by atoms with E-state index in [-0.39, 0.29) is 6.04 Å². The highest BCUT2D eigenvalue weighted by Gasteiger charge is 2.14. The summed E-state index contributed by atoms with van der Waals surface area (Å²) in [7, 11) is 0. The molecule has 15 heavy (non-hydrogen) atoms. The minimum atomic E-state index is -0.199. The summed E-state index contributed by atoms with van der Waals surface area (Å²) in [5.41, 5.74) is 5.79. The van der Waals surface area contributed by atoms with Crippen molar-refractivity contribution >= 4 is 0 Å². The molecule has 0 aliphatic carbocycles. The zero-order valence-corrected chi connectivity index (χ0v) is 8.62. The number of rotatable bonds is 2. The van der Waals surface area contributed by atoms with Crippen molar-refractivity contribution < 1.29 is 0 Å². The van der Waals surface area contributed by atoms with Gasteiger partial charge in [-0.1, -0.05) is 0 Å². The lowest BCUT2D eigenvalue weighted by Gasteiger charge is -2.05. The fourth-order valence-corrected chi connectivity index (χ4v) is 1.27. The van der Waals surface area contributed by atoms with E-state index in [0.717, 1.165) is 0 Å². The molecule has 2 heterocycles. The quantitative estimate of drug-likeness (QED) is 0.764. The normalized spacial score (nSPS) is 12.7. The van der Waals surface area contributed by atoms with E-state index >= 15 is 0 Å². The van der Waals surface area contributed by atoms with Crippen LogP contribution in [-0.4, -0.2) is 24.7 Å². The van der Waals surface area contributed by atoms with E-state index < -0.39 is 0 Å². The van der Waals surface area contributed by atoms with Gasteiger partial charge < -0.3 is 5.73 Å². The van der Waals surface area contributed by atoms with Crippen LogP contribution in [0.5, 0.6) is 0 Å². The molecule has 6 nitrogen and oxygen atoms in total. The lowest BCUT2D eigenvalue weighted by atomic mass is 10.3. The SMILES string of the molecule is Cc1nc(C(C)N)n(-c2ncccn2)n1. The van der Waals surface area contributed by atoms with E-state index in [1.807, 2.05) is 13.8 Å². The molecule has 0 aromatic carbocycles. The van der Waals surface area contributed by atoms with E-state index in [1.165, 1.54) is 0 Å². The van der Waals surface area contributed by atoms with Crippen molar-refractivity contribution in [1.82, 2.24) is 24.7 Å². The summed E-state index contributed by atoms with van der Waals surface area (Å²) in [5.74, 6) is 1.82. The number of aromatic nitrogens is 5. The predicted molar refractivity (Wildman–Crippen MR) is 54.3 cm³/mol. The molecular weight excluding hydrogens is 192 g/mol. The van der Waals surface area contributed by atoms with Gasteiger partial charge in [-0.05, 0) is 19.9 Å². The number of hydrogen-bond acceptors (Lipinski definition) is 5. The maximum absolute atomic E-state index is 5.79. The molecular formula is C9H12N6. The molecule has 0 spiro atoms. The second-order valence-electron chi connectivity index (χ2n) is 3.27. The Kier molecular flexibility index (Phi) is 2.42. The molecule has 0 saturated carbocycles. The Labute approximate surface area is 87.2 Å². The molecule has 0 aliphatic rings. The Hall–Kier alpha value is -1.82. The second kappa shape index (κ2) is 3.74. The Morgan fingerprint density at radius 1 is 1.33 bits per heavy atom. The van der Waals surface area contributed by atoms with Crippen LogP contribution in [-0.2, 0) is 0 Å². The van der Waals surface area contributed by atoms with Gasteiger partial charge in [0.2, 0.25) is 0 Å². The minimum absolute atomic E-state index is 0.199. The summed E-state index contributed by atoms with van der Waals surface area (Å²) in [6.07, 6.45) is 3.31. The Balaban J connectivity index is 2.53. The summed E-state index contributed by atoms with van der Waals surface area (Å²) < 4.78 is 1.57. The molecule has 1 atom stereocenters. The van der Waals surface area contributed by atoms with Gasteiger partial charge in [0.15, 0.2) is 5.82 Å². The number of nitrogens with two attached hydrogens (primary N) is 1. The number of hydrogen-bond donors (Lipinski definition) is 1. The van der Waals surface area contributed by atoms with Crippen LogP contribution in [0.2, 0.25) is 0 Å². The summed E-state index contributed by atoms with van der Waals surface area (Å²) in [4.78, 5) is 12.4. The van der Waals surface area contributed by atoms with Crippen molar-refractivity contribution in [2.45, 2.75) is 19.9 Å². The van der Waals surface area contributed by atoms with Crippen molar-refractivity contribution in [3.8, 4) is 5.95 Å². The Bertz CT molecular complexity index is 447. The van der Waals surface area contributed by atoms with E-state index in [2.05, 4.69) is 20.1 Å². The van der Waals surface area contributed by atoms with Gasteiger partial charge in [0.1, 0.15) is 5.82 Å². The second-order valence-corrected chi connectivity index (χ2v) is 3.27. The van der Waals surface area contributed by atoms with Crippen molar-refractivity contribution in [3.63, 3.8) is 0 Å². The first-order valence-corrected chi connectivity index (χ1v) is 4.65. The van der Waals surface area contributed by atoms with Gasteiger partial charge in [0.05, 0.1) is 6.04 Å². The molecule has 2 N–H and O–H groups in total. The van der Waals surface area contributed by atoms with Gasteiger partial charge in [-0.25, -0.2) is 15.0 Å². The fourth-order valence-electron chi connectivity index (χ4n) is 1.27. The van der Waals surface area contributed by atoms with Crippen molar-refractivity contribution in [2.24, 2.45) is 5.73 Å².